The summed E-state index contributed by atoms with van der Waals surface area (Å²) in [6.45, 7) is 15.6. The van der Waals surface area contributed by atoms with E-state index in [1.165, 1.54) is 0 Å². The van der Waals surface area contributed by atoms with Crippen LogP contribution in [0.25, 0.3) is 0 Å². The molecule has 0 aliphatic carbocycles. The lowest BCUT2D eigenvalue weighted by atomic mass is 9.77. The van der Waals surface area contributed by atoms with Gasteiger partial charge in [0.2, 0.25) is 0 Å². The number of carbonyl (C=O) groups is 1. The molecule has 0 N–H and O–H groups in total. The van der Waals surface area contributed by atoms with Gasteiger partial charge in [-0.1, -0.05) is 38.4 Å². The molecular formula is C20H32ClNO4Si. The van der Waals surface area contributed by atoms with Crippen molar-refractivity contribution < 1.29 is 18.7 Å². The fraction of sp³-hybridized carbons (Fsp3) is 0.650. The Bertz CT molecular complexity index is 660. The molecule has 1 fully saturated rings. The molecule has 1 aliphatic heterocycles. The van der Waals surface area contributed by atoms with Crippen molar-refractivity contribution in [2.75, 3.05) is 13.2 Å². The molecule has 1 aliphatic rings. The van der Waals surface area contributed by atoms with Gasteiger partial charge >= 0.3 is 6.09 Å². The van der Waals surface area contributed by atoms with E-state index in [-0.39, 0.29) is 23.7 Å². The zero-order chi connectivity index (χ0) is 20.4. The fourth-order valence-corrected chi connectivity index (χ4v) is 5.13. The zero-order valence-electron chi connectivity index (χ0n) is 17.4. The molecule has 1 saturated heterocycles. The molecule has 2 rings (SSSR count). The predicted molar refractivity (Wildman–Crippen MR) is 111 cm³/mol. The molecule has 1 heterocycles. The molecule has 2 unspecified atom stereocenters. The van der Waals surface area contributed by atoms with E-state index in [4.69, 9.17) is 25.5 Å². The zero-order valence-corrected chi connectivity index (χ0v) is 19.3. The van der Waals surface area contributed by atoms with E-state index in [1.54, 1.807) is 17.0 Å². The first kappa shape index (κ1) is 22.1. The van der Waals surface area contributed by atoms with Crippen LogP contribution in [0.1, 0.15) is 34.6 Å². The van der Waals surface area contributed by atoms with Crippen molar-refractivity contribution in [2.24, 2.45) is 5.41 Å². The second-order valence-electron chi connectivity index (χ2n) is 8.97. The van der Waals surface area contributed by atoms with Gasteiger partial charge in [-0.2, -0.15) is 0 Å². The van der Waals surface area contributed by atoms with Gasteiger partial charge in [-0.05, 0) is 50.6 Å². The third-order valence-corrected chi connectivity index (χ3v) is 5.69. The van der Waals surface area contributed by atoms with E-state index >= 15 is 0 Å². The lowest BCUT2D eigenvalue weighted by molar-refractivity contribution is -0.0306. The first-order valence-corrected chi connectivity index (χ1v) is 12.6. The van der Waals surface area contributed by atoms with Crippen molar-refractivity contribution in [3.63, 3.8) is 0 Å². The average molecular weight is 414 g/mol. The number of carbonyl (C=O) groups excluding carboxylic acids is 1. The number of benzene rings is 1. The molecule has 1 amide bonds. The van der Waals surface area contributed by atoms with Crippen LogP contribution in [0.15, 0.2) is 24.3 Å². The SMILES string of the molecule is C[SiH](C)OC(C(C)(C)C)C(C)(C)N1CC(COc2cccc(Cl)c2)OC1=O. The quantitative estimate of drug-likeness (QED) is 0.606. The summed E-state index contributed by atoms with van der Waals surface area (Å²) in [5.41, 5.74) is -0.589. The smallest absolute Gasteiger partial charge is 0.410 e. The lowest BCUT2D eigenvalue weighted by Gasteiger charge is -2.47. The molecule has 7 heteroatoms. The van der Waals surface area contributed by atoms with Crippen LogP contribution in [-0.2, 0) is 9.16 Å². The maximum absolute atomic E-state index is 12.6. The molecule has 1 aromatic carbocycles. The number of halogens is 1. The fourth-order valence-electron chi connectivity index (χ4n) is 3.67. The summed E-state index contributed by atoms with van der Waals surface area (Å²) in [4.78, 5) is 14.4. The van der Waals surface area contributed by atoms with Gasteiger partial charge in [0, 0.05) is 5.02 Å². The van der Waals surface area contributed by atoms with Gasteiger partial charge in [-0.15, -0.1) is 0 Å². The highest BCUT2D eigenvalue weighted by atomic mass is 35.5. The van der Waals surface area contributed by atoms with E-state index < -0.39 is 14.6 Å². The Hall–Kier alpha value is -1.24. The third kappa shape index (κ3) is 5.62. The van der Waals surface area contributed by atoms with Gasteiger partial charge in [-0.3, -0.25) is 4.90 Å². The van der Waals surface area contributed by atoms with Crippen LogP contribution in [0.3, 0.4) is 0 Å². The van der Waals surface area contributed by atoms with Crippen molar-refractivity contribution in [3.05, 3.63) is 29.3 Å². The topological polar surface area (TPSA) is 48.0 Å². The highest BCUT2D eigenvalue weighted by Gasteiger charge is 2.49. The van der Waals surface area contributed by atoms with E-state index in [0.717, 1.165) is 0 Å². The second kappa shape index (κ2) is 8.41. The summed E-state index contributed by atoms with van der Waals surface area (Å²) < 4.78 is 17.7. The van der Waals surface area contributed by atoms with Crippen molar-refractivity contribution in [1.29, 1.82) is 0 Å². The minimum absolute atomic E-state index is 0.0863. The van der Waals surface area contributed by atoms with Gasteiger partial charge in [0.15, 0.2) is 15.1 Å². The molecule has 0 bridgehead atoms. The molecular weight excluding hydrogens is 382 g/mol. The van der Waals surface area contributed by atoms with Crippen molar-refractivity contribution >= 4 is 26.7 Å². The number of rotatable bonds is 7. The monoisotopic (exact) mass is 413 g/mol. The highest BCUT2D eigenvalue weighted by Crippen LogP contribution is 2.37. The Morgan fingerprint density at radius 2 is 1.96 bits per heavy atom. The number of hydrogen-bond acceptors (Lipinski definition) is 4. The lowest BCUT2D eigenvalue weighted by Crippen LogP contribution is -2.59. The first-order chi connectivity index (χ1) is 12.4. The highest BCUT2D eigenvalue weighted by molar-refractivity contribution is 6.48. The summed E-state index contributed by atoms with van der Waals surface area (Å²) in [7, 11) is -1.28. The Morgan fingerprint density at radius 3 is 2.52 bits per heavy atom. The van der Waals surface area contributed by atoms with Crippen LogP contribution in [0.2, 0.25) is 18.1 Å². The van der Waals surface area contributed by atoms with E-state index in [0.29, 0.717) is 23.9 Å². The number of amides is 1. The summed E-state index contributed by atoms with van der Waals surface area (Å²) in [5.74, 6) is 0.665. The van der Waals surface area contributed by atoms with Crippen LogP contribution >= 0.6 is 11.6 Å². The maximum atomic E-state index is 12.6. The van der Waals surface area contributed by atoms with Crippen molar-refractivity contribution in [1.82, 2.24) is 4.90 Å². The molecule has 0 aromatic heterocycles. The van der Waals surface area contributed by atoms with Crippen molar-refractivity contribution in [3.8, 4) is 5.75 Å². The Kier molecular flexibility index (Phi) is 6.87. The standard InChI is InChI=1S/C20H32ClNO4Si/c1-19(2,3)17(26-27(6)7)20(4,5)22-12-16(25-18(22)23)13-24-15-10-8-9-14(21)11-15/h8-11,16-17,27H,12-13H2,1-7H3. The summed E-state index contributed by atoms with van der Waals surface area (Å²) >= 11 is 5.98. The van der Waals surface area contributed by atoms with Crippen LogP contribution in [-0.4, -0.2) is 50.9 Å². The molecule has 27 heavy (non-hydrogen) atoms. The average Bonchev–Trinajstić information content (AvgIpc) is 2.91. The second-order valence-corrected chi connectivity index (χ2v) is 11.8. The molecule has 1 aromatic rings. The number of hydrogen-bond donors (Lipinski definition) is 0. The first-order valence-electron chi connectivity index (χ1n) is 9.43. The van der Waals surface area contributed by atoms with Crippen LogP contribution in [0.5, 0.6) is 5.75 Å². The third-order valence-electron chi connectivity index (χ3n) is 4.64. The summed E-state index contributed by atoms with van der Waals surface area (Å²) in [5, 5.41) is 0.613. The van der Waals surface area contributed by atoms with Crippen LogP contribution in [0.4, 0.5) is 4.79 Å². The van der Waals surface area contributed by atoms with Gasteiger partial charge < -0.3 is 13.9 Å². The van der Waals surface area contributed by atoms with Gasteiger partial charge in [0.1, 0.15) is 12.4 Å². The molecule has 152 valence electrons. The summed E-state index contributed by atoms with van der Waals surface area (Å²) in [6, 6.07) is 7.20. The number of cyclic esters (lactones) is 1. The minimum Gasteiger partial charge on any atom is -0.490 e. The van der Waals surface area contributed by atoms with E-state index in [2.05, 4.69) is 47.7 Å². The molecule has 2 atom stereocenters. The molecule has 5 nitrogen and oxygen atoms in total. The van der Waals surface area contributed by atoms with Gasteiger partial charge in [-0.25, -0.2) is 4.79 Å². The molecule has 0 spiro atoms. The van der Waals surface area contributed by atoms with Crippen LogP contribution in [0, 0.1) is 5.41 Å². The Balaban J connectivity index is 2.07. The number of nitrogens with zero attached hydrogens (tertiary/aromatic N) is 1. The van der Waals surface area contributed by atoms with Gasteiger partial charge in [0.25, 0.3) is 0 Å². The largest absolute Gasteiger partial charge is 0.490 e. The van der Waals surface area contributed by atoms with Gasteiger partial charge in [0.05, 0.1) is 18.2 Å². The minimum atomic E-state index is -1.28. The summed E-state index contributed by atoms with van der Waals surface area (Å²) in [6.07, 6.45) is -0.729. The number of ether oxygens (including phenoxy) is 2. The van der Waals surface area contributed by atoms with E-state index in [9.17, 15) is 4.79 Å². The van der Waals surface area contributed by atoms with Crippen LogP contribution < -0.4 is 4.74 Å². The van der Waals surface area contributed by atoms with Crippen molar-refractivity contribution in [2.45, 2.75) is 65.5 Å². The normalized spacial score (nSPS) is 19.4. The molecule has 0 saturated carbocycles. The molecule has 0 radical (unpaired) electrons. The maximum Gasteiger partial charge on any atom is 0.410 e. The Labute approximate surface area is 169 Å². The predicted octanol–water partition coefficient (Wildman–Crippen LogP) is 4.73. The van der Waals surface area contributed by atoms with E-state index in [1.807, 2.05) is 12.1 Å². The Morgan fingerprint density at radius 1 is 1.30 bits per heavy atom.